The second-order valence-corrected chi connectivity index (χ2v) is 11.8. The summed E-state index contributed by atoms with van der Waals surface area (Å²) in [7, 11) is -3.57. The number of rotatable bonds is 10. The summed E-state index contributed by atoms with van der Waals surface area (Å²) >= 11 is 6.36. The molecule has 0 bridgehead atoms. The molecule has 0 aliphatic rings. The number of aryl methyl sites for hydroxylation is 1. The van der Waals surface area contributed by atoms with Crippen molar-refractivity contribution in [1.29, 1.82) is 0 Å². The zero-order chi connectivity index (χ0) is 28.9. The minimum absolute atomic E-state index is 0.137. The van der Waals surface area contributed by atoms with Crippen molar-refractivity contribution in [2.45, 2.75) is 30.9 Å². The molecule has 4 aromatic rings. The standard InChI is InChI=1S/C28H27ClN6O4S/c1-5-26(36)32-23-15-22(18(4)14-24(23)39-19-10-12-30-13-11-19)34-28-31-16-20(29)27(35-28)33-21-8-6-7-9-25(21)40(37,38)17(2)3/h5-17H,1H2,2-4H3,(H,32,36)(H2,31,33,34,35). The second-order valence-electron chi connectivity index (χ2n) is 8.87. The van der Waals surface area contributed by atoms with Crippen molar-refractivity contribution in [2.24, 2.45) is 0 Å². The number of pyridine rings is 1. The van der Waals surface area contributed by atoms with Gasteiger partial charge in [-0.15, -0.1) is 0 Å². The van der Waals surface area contributed by atoms with Gasteiger partial charge in [0.2, 0.25) is 11.9 Å². The van der Waals surface area contributed by atoms with Crippen molar-refractivity contribution in [1.82, 2.24) is 15.0 Å². The van der Waals surface area contributed by atoms with E-state index in [0.717, 1.165) is 11.6 Å². The zero-order valence-corrected chi connectivity index (χ0v) is 23.5. The highest BCUT2D eigenvalue weighted by atomic mass is 35.5. The molecule has 10 nitrogen and oxygen atoms in total. The van der Waals surface area contributed by atoms with Crippen molar-refractivity contribution in [3.8, 4) is 11.5 Å². The van der Waals surface area contributed by atoms with Crippen LogP contribution >= 0.6 is 11.6 Å². The molecule has 2 aromatic heterocycles. The van der Waals surface area contributed by atoms with Gasteiger partial charge in [0.15, 0.2) is 21.4 Å². The van der Waals surface area contributed by atoms with Crippen molar-refractivity contribution < 1.29 is 17.9 Å². The minimum atomic E-state index is -3.57. The topological polar surface area (TPSA) is 135 Å². The number of amides is 1. The highest BCUT2D eigenvalue weighted by Crippen LogP contribution is 2.36. The molecular weight excluding hydrogens is 552 g/mol. The number of carbonyl (C=O) groups is 1. The summed E-state index contributed by atoms with van der Waals surface area (Å²) in [6.07, 6.45) is 5.75. The number of sulfone groups is 1. The number of hydrogen-bond acceptors (Lipinski definition) is 9. The lowest BCUT2D eigenvalue weighted by molar-refractivity contribution is -0.111. The molecule has 0 radical (unpaired) electrons. The minimum Gasteiger partial charge on any atom is -0.455 e. The largest absolute Gasteiger partial charge is 0.455 e. The predicted molar refractivity (Wildman–Crippen MR) is 157 cm³/mol. The van der Waals surface area contributed by atoms with Gasteiger partial charge in [0.1, 0.15) is 10.8 Å². The maximum atomic E-state index is 12.9. The lowest BCUT2D eigenvalue weighted by atomic mass is 10.1. The van der Waals surface area contributed by atoms with Crippen molar-refractivity contribution in [3.63, 3.8) is 0 Å². The summed E-state index contributed by atoms with van der Waals surface area (Å²) in [5.74, 6) is 0.926. The van der Waals surface area contributed by atoms with E-state index in [1.807, 2.05) is 6.92 Å². The molecule has 3 N–H and O–H groups in total. The number of carbonyl (C=O) groups excluding carboxylic acids is 1. The van der Waals surface area contributed by atoms with Crippen LogP contribution in [0.3, 0.4) is 0 Å². The van der Waals surface area contributed by atoms with E-state index >= 15 is 0 Å². The molecule has 0 unspecified atom stereocenters. The van der Waals surface area contributed by atoms with Gasteiger partial charge >= 0.3 is 0 Å². The number of ether oxygens (including phenoxy) is 1. The van der Waals surface area contributed by atoms with Crippen LogP contribution in [0.4, 0.5) is 28.8 Å². The van der Waals surface area contributed by atoms with Gasteiger partial charge in [-0.25, -0.2) is 13.4 Å². The van der Waals surface area contributed by atoms with Crippen LogP contribution < -0.4 is 20.7 Å². The fourth-order valence-corrected chi connectivity index (χ4v) is 4.89. The fourth-order valence-electron chi connectivity index (χ4n) is 3.55. The Bertz CT molecular complexity index is 1660. The quantitative estimate of drug-likeness (QED) is 0.182. The zero-order valence-electron chi connectivity index (χ0n) is 22.0. The van der Waals surface area contributed by atoms with E-state index in [0.29, 0.717) is 28.6 Å². The Morgan fingerprint density at radius 3 is 2.48 bits per heavy atom. The third-order valence-corrected chi connectivity index (χ3v) is 8.19. The first kappa shape index (κ1) is 28.5. The fraction of sp³-hybridized carbons (Fsp3) is 0.143. The molecule has 0 fully saturated rings. The monoisotopic (exact) mass is 578 g/mol. The van der Waals surface area contributed by atoms with E-state index in [-0.39, 0.29) is 21.7 Å². The molecule has 0 atom stereocenters. The summed E-state index contributed by atoms with van der Waals surface area (Å²) in [5.41, 5.74) is 2.07. The highest BCUT2D eigenvalue weighted by Gasteiger charge is 2.23. The average Bonchev–Trinajstić information content (AvgIpc) is 2.93. The van der Waals surface area contributed by atoms with Gasteiger partial charge in [-0.05, 0) is 68.8 Å². The Kier molecular flexibility index (Phi) is 8.66. The average molecular weight is 579 g/mol. The summed E-state index contributed by atoms with van der Waals surface area (Å²) in [5, 5.41) is 8.49. The first-order valence-electron chi connectivity index (χ1n) is 12.1. The van der Waals surface area contributed by atoms with E-state index in [4.69, 9.17) is 16.3 Å². The Hall–Kier alpha value is -4.48. The molecule has 0 aliphatic heterocycles. The van der Waals surface area contributed by atoms with Gasteiger partial charge in [-0.3, -0.25) is 9.78 Å². The van der Waals surface area contributed by atoms with E-state index in [9.17, 15) is 13.2 Å². The lowest BCUT2D eigenvalue weighted by Crippen LogP contribution is -2.15. The summed E-state index contributed by atoms with van der Waals surface area (Å²) in [6, 6.07) is 13.4. The van der Waals surface area contributed by atoms with Crippen LogP contribution in [0.15, 0.2) is 84.7 Å². The van der Waals surface area contributed by atoms with Gasteiger partial charge in [-0.2, -0.15) is 4.98 Å². The SMILES string of the molecule is C=CC(=O)Nc1cc(Nc2ncc(Cl)c(Nc3ccccc3S(=O)(=O)C(C)C)n2)c(C)cc1Oc1ccncc1. The summed E-state index contributed by atoms with van der Waals surface area (Å²) < 4.78 is 31.7. The molecule has 2 aromatic carbocycles. The Morgan fingerprint density at radius 1 is 1.05 bits per heavy atom. The van der Waals surface area contributed by atoms with Crippen LogP contribution in [0.2, 0.25) is 5.02 Å². The van der Waals surface area contributed by atoms with Crippen LogP contribution in [-0.2, 0) is 14.6 Å². The molecule has 1 amide bonds. The van der Waals surface area contributed by atoms with E-state index in [2.05, 4.69) is 37.5 Å². The molecule has 206 valence electrons. The van der Waals surface area contributed by atoms with Gasteiger partial charge in [0, 0.05) is 18.1 Å². The van der Waals surface area contributed by atoms with Crippen LogP contribution in [0, 0.1) is 6.92 Å². The number of halogens is 1. The van der Waals surface area contributed by atoms with Crippen molar-refractivity contribution in [3.05, 3.63) is 90.4 Å². The number of hydrogen-bond donors (Lipinski definition) is 3. The summed E-state index contributed by atoms with van der Waals surface area (Å²) in [6.45, 7) is 8.59. The maximum Gasteiger partial charge on any atom is 0.247 e. The lowest BCUT2D eigenvalue weighted by Gasteiger charge is -2.17. The Balaban J connectivity index is 1.66. The third kappa shape index (κ3) is 6.56. The first-order valence-corrected chi connectivity index (χ1v) is 14.1. The first-order chi connectivity index (χ1) is 19.1. The van der Waals surface area contributed by atoms with Crippen LogP contribution in [-0.4, -0.2) is 34.5 Å². The highest BCUT2D eigenvalue weighted by molar-refractivity contribution is 7.92. The predicted octanol–water partition coefficient (Wildman–Crippen LogP) is 6.42. The molecule has 2 heterocycles. The van der Waals surface area contributed by atoms with Crippen molar-refractivity contribution >= 4 is 56.2 Å². The van der Waals surface area contributed by atoms with E-state index in [1.54, 1.807) is 68.7 Å². The van der Waals surface area contributed by atoms with Gasteiger partial charge in [-0.1, -0.05) is 30.3 Å². The number of para-hydroxylation sites is 1. The maximum absolute atomic E-state index is 12.9. The van der Waals surface area contributed by atoms with E-state index in [1.165, 1.54) is 12.3 Å². The van der Waals surface area contributed by atoms with Crippen LogP contribution in [0.1, 0.15) is 19.4 Å². The molecule has 12 heteroatoms. The molecule has 4 rings (SSSR count). The summed E-state index contributed by atoms with van der Waals surface area (Å²) in [4.78, 5) is 25.0. The number of nitrogens with one attached hydrogen (secondary N) is 3. The molecule has 40 heavy (non-hydrogen) atoms. The van der Waals surface area contributed by atoms with Gasteiger partial charge < -0.3 is 20.7 Å². The molecular formula is C28H27ClN6O4S. The molecule has 0 saturated carbocycles. The molecule has 0 spiro atoms. The van der Waals surface area contributed by atoms with Crippen LogP contribution in [0.25, 0.3) is 0 Å². The smallest absolute Gasteiger partial charge is 0.247 e. The molecule has 0 aliphatic carbocycles. The van der Waals surface area contributed by atoms with E-state index < -0.39 is 21.0 Å². The Labute approximate surface area is 237 Å². The van der Waals surface area contributed by atoms with Crippen LogP contribution in [0.5, 0.6) is 11.5 Å². The number of aromatic nitrogens is 3. The number of nitrogens with zero attached hydrogens (tertiary/aromatic N) is 3. The van der Waals surface area contributed by atoms with Crippen molar-refractivity contribution in [2.75, 3.05) is 16.0 Å². The number of anilines is 5. The second kappa shape index (κ2) is 12.1. The van der Waals surface area contributed by atoms with Gasteiger partial charge in [0.25, 0.3) is 0 Å². The normalized spacial score (nSPS) is 11.1. The van der Waals surface area contributed by atoms with Gasteiger partial charge in [0.05, 0.1) is 27.7 Å². The number of benzene rings is 2. The third-order valence-electron chi connectivity index (χ3n) is 5.71. The molecule has 0 saturated heterocycles. The Morgan fingerprint density at radius 2 is 1.77 bits per heavy atom.